The fourth-order valence-corrected chi connectivity index (χ4v) is 4.55. The monoisotopic (exact) mass is 409 g/mol. The molecule has 5 rings (SSSR count). The van der Waals surface area contributed by atoms with E-state index in [0.717, 1.165) is 0 Å². The van der Waals surface area contributed by atoms with Gasteiger partial charge in [-0.2, -0.15) is 0 Å². The van der Waals surface area contributed by atoms with E-state index in [2.05, 4.69) is 42.4 Å². The number of carbonyl (C=O) groups excluding carboxylic acids is 1. The number of nitrogens with one attached hydrogen (secondary N) is 2. The molecule has 2 saturated carbocycles. The maximum atomic E-state index is 12.4. The molecular formula is C19H19N7O4. The Morgan fingerprint density at radius 2 is 2.13 bits per heavy atom. The van der Waals surface area contributed by atoms with Crippen molar-refractivity contribution in [2.45, 2.75) is 24.7 Å². The van der Waals surface area contributed by atoms with Gasteiger partial charge in [-0.3, -0.25) is 4.79 Å². The van der Waals surface area contributed by atoms with Crippen LogP contribution < -0.4 is 10.6 Å². The van der Waals surface area contributed by atoms with Crippen molar-refractivity contribution in [3.05, 3.63) is 30.5 Å². The summed E-state index contributed by atoms with van der Waals surface area (Å²) in [7, 11) is 3.23. The van der Waals surface area contributed by atoms with E-state index in [4.69, 9.17) is 4.42 Å². The number of imidazole rings is 1. The number of carbonyl (C=O) groups is 1. The lowest BCUT2D eigenvalue weighted by Gasteiger charge is -2.23. The quantitative estimate of drug-likeness (QED) is 0.411. The van der Waals surface area contributed by atoms with Crippen molar-refractivity contribution in [1.29, 1.82) is 0 Å². The first kappa shape index (κ1) is 18.5. The van der Waals surface area contributed by atoms with Crippen LogP contribution in [0, 0.1) is 23.2 Å². The number of hydrogen-bond acceptors (Lipinski definition) is 9. The van der Waals surface area contributed by atoms with Gasteiger partial charge in [-0.15, -0.1) is 0 Å². The van der Waals surface area contributed by atoms with Crippen LogP contribution in [0.25, 0.3) is 11.2 Å². The first-order valence-corrected chi connectivity index (χ1v) is 9.43. The van der Waals surface area contributed by atoms with E-state index >= 15 is 0 Å². The third kappa shape index (κ3) is 2.44. The van der Waals surface area contributed by atoms with Gasteiger partial charge in [0.05, 0.1) is 30.1 Å². The molecule has 3 heterocycles. The van der Waals surface area contributed by atoms with Gasteiger partial charge in [0.15, 0.2) is 17.0 Å². The standard InChI is InChI=1S/C19H19N7O4/c1-20-16-12-17(25-10(24-16)3-4-11-22-5-6-30-11)26(8-23-12)13-9-7-19(9,18(29)21-2)15(28)14(13)27/h5-6,8-9,13-15,27-28H,7H2,1-2H3,(H,21,29)(H,20,24,25)/t9?,13-,14+,15+,19?/m1/s1. The summed E-state index contributed by atoms with van der Waals surface area (Å²) in [4.78, 5) is 29.6. The Morgan fingerprint density at radius 1 is 1.30 bits per heavy atom. The lowest BCUT2D eigenvalue weighted by molar-refractivity contribution is -0.132. The van der Waals surface area contributed by atoms with E-state index in [0.29, 0.717) is 23.4 Å². The summed E-state index contributed by atoms with van der Waals surface area (Å²) in [6, 6.07) is -0.547. The Balaban J connectivity index is 1.59. The third-order valence-corrected chi connectivity index (χ3v) is 6.02. The molecule has 0 spiro atoms. The second-order valence-corrected chi connectivity index (χ2v) is 7.41. The number of aromatic nitrogens is 5. The van der Waals surface area contributed by atoms with Crippen molar-refractivity contribution in [3.8, 4) is 11.8 Å². The summed E-state index contributed by atoms with van der Waals surface area (Å²) in [5, 5.41) is 26.9. The highest BCUT2D eigenvalue weighted by Gasteiger charge is 2.75. The maximum absolute atomic E-state index is 12.4. The number of aliphatic hydroxyl groups excluding tert-OH is 2. The summed E-state index contributed by atoms with van der Waals surface area (Å²) >= 11 is 0. The van der Waals surface area contributed by atoms with Crippen molar-refractivity contribution in [2.75, 3.05) is 19.4 Å². The van der Waals surface area contributed by atoms with Gasteiger partial charge < -0.3 is 29.8 Å². The van der Waals surface area contributed by atoms with Crippen LogP contribution in [-0.2, 0) is 4.79 Å². The highest BCUT2D eigenvalue weighted by Crippen LogP contribution is 2.67. The van der Waals surface area contributed by atoms with Crippen LogP contribution in [0.15, 0.2) is 23.2 Å². The number of nitrogens with zero attached hydrogens (tertiary/aromatic N) is 5. The van der Waals surface area contributed by atoms with Crippen molar-refractivity contribution in [2.24, 2.45) is 11.3 Å². The molecular weight excluding hydrogens is 390 g/mol. The van der Waals surface area contributed by atoms with Gasteiger partial charge >= 0.3 is 0 Å². The Bertz CT molecular complexity index is 1190. The van der Waals surface area contributed by atoms with E-state index in [1.54, 1.807) is 17.9 Å². The molecule has 2 aliphatic rings. The minimum atomic E-state index is -1.17. The minimum Gasteiger partial charge on any atom is -0.439 e. The first-order valence-electron chi connectivity index (χ1n) is 9.43. The molecule has 11 nitrogen and oxygen atoms in total. The average molecular weight is 409 g/mol. The zero-order chi connectivity index (χ0) is 21.0. The number of rotatable bonds is 3. The summed E-state index contributed by atoms with van der Waals surface area (Å²) in [6.07, 6.45) is 2.64. The molecule has 30 heavy (non-hydrogen) atoms. The van der Waals surface area contributed by atoms with Gasteiger partial charge in [0.1, 0.15) is 12.4 Å². The lowest BCUT2D eigenvalue weighted by Crippen LogP contribution is -2.41. The SMILES string of the molecule is CNC(=O)C12CC1[C@@H](n1cnc3c(NC)nc(C#Cc4ncco4)nc31)[C@H](O)[C@@H]2O. The summed E-state index contributed by atoms with van der Waals surface area (Å²) < 4.78 is 6.81. The zero-order valence-electron chi connectivity index (χ0n) is 16.2. The van der Waals surface area contributed by atoms with Crippen LogP contribution in [0.2, 0.25) is 0 Å². The molecule has 2 unspecified atom stereocenters. The molecule has 0 aliphatic heterocycles. The molecule has 11 heteroatoms. The van der Waals surface area contributed by atoms with E-state index in [-0.39, 0.29) is 23.5 Å². The summed E-state index contributed by atoms with van der Waals surface area (Å²) in [5.41, 5.74) is -0.0390. The second-order valence-electron chi connectivity index (χ2n) is 7.41. The fourth-order valence-electron chi connectivity index (χ4n) is 4.55. The van der Waals surface area contributed by atoms with E-state index in [1.807, 2.05) is 0 Å². The molecule has 0 aromatic carbocycles. The highest BCUT2D eigenvalue weighted by molar-refractivity contribution is 5.88. The number of anilines is 1. The topological polar surface area (TPSA) is 151 Å². The molecule has 5 atom stereocenters. The van der Waals surface area contributed by atoms with Gasteiger partial charge in [-0.25, -0.2) is 19.9 Å². The molecule has 4 N–H and O–H groups in total. The molecule has 2 aliphatic carbocycles. The summed E-state index contributed by atoms with van der Waals surface area (Å²) in [6.45, 7) is 0. The third-order valence-electron chi connectivity index (χ3n) is 6.02. The van der Waals surface area contributed by atoms with Crippen LogP contribution in [-0.4, -0.2) is 66.9 Å². The van der Waals surface area contributed by atoms with Crippen LogP contribution in [0.1, 0.15) is 24.2 Å². The van der Waals surface area contributed by atoms with Gasteiger partial charge in [-0.1, -0.05) is 0 Å². The smallest absolute Gasteiger partial charge is 0.273 e. The number of oxazole rings is 1. The van der Waals surface area contributed by atoms with Crippen LogP contribution in [0.4, 0.5) is 5.82 Å². The maximum Gasteiger partial charge on any atom is 0.273 e. The van der Waals surface area contributed by atoms with Crippen molar-refractivity contribution in [3.63, 3.8) is 0 Å². The molecule has 2 fully saturated rings. The van der Waals surface area contributed by atoms with Crippen molar-refractivity contribution in [1.82, 2.24) is 29.8 Å². The Labute approximate surface area is 170 Å². The van der Waals surface area contributed by atoms with E-state index < -0.39 is 23.7 Å². The van der Waals surface area contributed by atoms with Gasteiger partial charge in [-0.05, 0) is 12.3 Å². The van der Waals surface area contributed by atoms with Gasteiger partial charge in [0.25, 0.3) is 5.89 Å². The van der Waals surface area contributed by atoms with Crippen LogP contribution in [0.3, 0.4) is 0 Å². The Morgan fingerprint density at radius 3 is 2.83 bits per heavy atom. The molecule has 1 amide bonds. The fraction of sp³-hybridized carbons (Fsp3) is 0.421. The van der Waals surface area contributed by atoms with Crippen molar-refractivity contribution < 1.29 is 19.4 Å². The number of fused-ring (bicyclic) bond motifs is 2. The van der Waals surface area contributed by atoms with Crippen molar-refractivity contribution >= 4 is 22.9 Å². The van der Waals surface area contributed by atoms with E-state index in [1.165, 1.54) is 19.5 Å². The lowest BCUT2D eigenvalue weighted by atomic mass is 9.98. The zero-order valence-corrected chi connectivity index (χ0v) is 16.2. The molecule has 0 saturated heterocycles. The predicted octanol–water partition coefficient (Wildman–Crippen LogP) is -0.715. The largest absolute Gasteiger partial charge is 0.439 e. The first-order chi connectivity index (χ1) is 14.5. The number of aliphatic hydroxyl groups is 2. The molecule has 0 bridgehead atoms. The Kier molecular flexibility index (Phi) is 4.02. The highest BCUT2D eigenvalue weighted by atomic mass is 16.3. The van der Waals surface area contributed by atoms with Gasteiger partial charge in [0, 0.05) is 25.9 Å². The van der Waals surface area contributed by atoms with Crippen LogP contribution in [0.5, 0.6) is 0 Å². The van der Waals surface area contributed by atoms with Crippen LogP contribution >= 0.6 is 0 Å². The number of hydrogen-bond donors (Lipinski definition) is 4. The minimum absolute atomic E-state index is 0.216. The predicted molar refractivity (Wildman–Crippen MR) is 103 cm³/mol. The average Bonchev–Trinajstić information content (AvgIpc) is 3.06. The number of amides is 1. The second kappa shape index (κ2) is 6.51. The molecule has 3 aromatic rings. The molecule has 154 valence electrons. The molecule has 3 aromatic heterocycles. The molecule has 0 radical (unpaired) electrons. The van der Waals surface area contributed by atoms with Gasteiger partial charge in [0.2, 0.25) is 11.7 Å². The summed E-state index contributed by atoms with van der Waals surface area (Å²) in [5.74, 6) is 5.99. The normalized spacial score (nSPS) is 29.2. The van der Waals surface area contributed by atoms with E-state index in [9.17, 15) is 15.0 Å². The Hall–Kier alpha value is -3.49.